The summed E-state index contributed by atoms with van der Waals surface area (Å²) in [5.41, 5.74) is 7.95. The van der Waals surface area contributed by atoms with Crippen molar-refractivity contribution in [2.45, 2.75) is 31.9 Å². The van der Waals surface area contributed by atoms with Crippen molar-refractivity contribution in [1.29, 1.82) is 0 Å². The summed E-state index contributed by atoms with van der Waals surface area (Å²) in [5.74, 6) is 1.65. The van der Waals surface area contributed by atoms with E-state index in [4.69, 9.17) is 10.2 Å². The number of oxazole rings is 1. The predicted molar refractivity (Wildman–Crippen MR) is 85.4 cm³/mol. The second-order valence-corrected chi connectivity index (χ2v) is 5.79. The number of aromatic nitrogens is 1. The van der Waals surface area contributed by atoms with Crippen molar-refractivity contribution in [1.82, 2.24) is 4.98 Å². The highest BCUT2D eigenvalue weighted by Gasteiger charge is 2.07. The number of aryl methyl sites for hydroxylation is 2. The predicted octanol–water partition coefficient (Wildman–Crippen LogP) is 3.38. The lowest BCUT2D eigenvalue weighted by Crippen LogP contribution is -2.11. The van der Waals surface area contributed by atoms with Crippen LogP contribution in [0.15, 0.2) is 33.9 Å². The van der Waals surface area contributed by atoms with Gasteiger partial charge in [-0.25, -0.2) is 4.98 Å². The van der Waals surface area contributed by atoms with Gasteiger partial charge in [0.15, 0.2) is 0 Å². The van der Waals surface area contributed by atoms with Gasteiger partial charge >= 0.3 is 0 Å². The molecule has 2 aromatic rings. The monoisotopic (exact) mass is 305 g/mol. The van der Waals surface area contributed by atoms with E-state index >= 15 is 0 Å². The zero-order valence-corrected chi connectivity index (χ0v) is 13.0. The Labute approximate surface area is 128 Å². The summed E-state index contributed by atoms with van der Waals surface area (Å²) in [6, 6.07) is 7.11. The molecule has 112 valence electrons. The van der Waals surface area contributed by atoms with Gasteiger partial charge in [-0.2, -0.15) is 0 Å². The van der Waals surface area contributed by atoms with Crippen LogP contribution >= 0.6 is 11.8 Å². The van der Waals surface area contributed by atoms with Gasteiger partial charge in [-0.05, 0) is 44.5 Å². The number of carbonyl (C=O) groups is 1. The summed E-state index contributed by atoms with van der Waals surface area (Å²) in [6.07, 6.45) is 1.24. The van der Waals surface area contributed by atoms with Crippen molar-refractivity contribution in [3.63, 3.8) is 0 Å². The maximum absolute atomic E-state index is 11.8. The molecule has 0 unspecified atom stereocenters. The molecular formula is C15H19N3O2S. The summed E-state index contributed by atoms with van der Waals surface area (Å²) >= 11 is 1.53. The normalized spacial score (nSPS) is 10.6. The van der Waals surface area contributed by atoms with Crippen LogP contribution in [0.3, 0.4) is 0 Å². The molecule has 0 spiro atoms. The standard InChI is InChI=1S/C15H19N3O2S/c1-10-11(2)20-15(17-10)21-9-3-4-14(19)18-13-7-5-12(16)6-8-13/h5-8H,3-4,9,16H2,1-2H3,(H,18,19). The van der Waals surface area contributed by atoms with Crippen LogP contribution in [-0.2, 0) is 4.79 Å². The molecule has 1 heterocycles. The first kappa shape index (κ1) is 15.4. The van der Waals surface area contributed by atoms with Crippen molar-refractivity contribution in [2.75, 3.05) is 16.8 Å². The number of hydrogen-bond acceptors (Lipinski definition) is 5. The third kappa shape index (κ3) is 4.82. The fourth-order valence-electron chi connectivity index (χ4n) is 1.69. The number of carbonyl (C=O) groups excluding carboxylic acids is 1. The number of nitrogens with one attached hydrogen (secondary N) is 1. The Morgan fingerprint density at radius 1 is 1.33 bits per heavy atom. The van der Waals surface area contributed by atoms with Gasteiger partial charge in [0.1, 0.15) is 5.76 Å². The zero-order chi connectivity index (χ0) is 15.2. The molecule has 0 saturated heterocycles. The number of anilines is 2. The van der Waals surface area contributed by atoms with Crippen LogP contribution in [0.4, 0.5) is 11.4 Å². The van der Waals surface area contributed by atoms with Crippen molar-refractivity contribution in [3.05, 3.63) is 35.7 Å². The maximum Gasteiger partial charge on any atom is 0.256 e. The van der Waals surface area contributed by atoms with Gasteiger partial charge < -0.3 is 15.5 Å². The first-order valence-corrected chi connectivity index (χ1v) is 7.75. The molecule has 1 amide bonds. The van der Waals surface area contributed by atoms with E-state index in [0.29, 0.717) is 17.3 Å². The van der Waals surface area contributed by atoms with Gasteiger partial charge in [0, 0.05) is 23.5 Å². The van der Waals surface area contributed by atoms with Crippen molar-refractivity contribution < 1.29 is 9.21 Å². The molecule has 1 aromatic carbocycles. The van der Waals surface area contributed by atoms with Crippen LogP contribution in [0.5, 0.6) is 0 Å². The van der Waals surface area contributed by atoms with Gasteiger partial charge in [-0.1, -0.05) is 11.8 Å². The molecule has 0 fully saturated rings. The maximum atomic E-state index is 11.8. The Kier molecular flexibility index (Phi) is 5.27. The van der Waals surface area contributed by atoms with E-state index in [0.717, 1.165) is 29.3 Å². The van der Waals surface area contributed by atoms with Crippen LogP contribution in [0.1, 0.15) is 24.3 Å². The molecule has 21 heavy (non-hydrogen) atoms. The molecular weight excluding hydrogens is 286 g/mol. The van der Waals surface area contributed by atoms with Gasteiger partial charge in [0.2, 0.25) is 5.91 Å². The Hall–Kier alpha value is -1.95. The van der Waals surface area contributed by atoms with Crippen LogP contribution in [-0.4, -0.2) is 16.6 Å². The minimum Gasteiger partial charge on any atom is -0.437 e. The third-order valence-corrected chi connectivity index (χ3v) is 3.89. The molecule has 0 saturated carbocycles. The molecule has 2 rings (SSSR count). The minimum atomic E-state index is 0.000127. The number of nitrogens with two attached hydrogens (primary N) is 1. The lowest BCUT2D eigenvalue weighted by molar-refractivity contribution is -0.116. The summed E-state index contributed by atoms with van der Waals surface area (Å²) < 4.78 is 5.47. The van der Waals surface area contributed by atoms with Crippen LogP contribution in [0.25, 0.3) is 0 Å². The van der Waals surface area contributed by atoms with E-state index in [1.807, 2.05) is 13.8 Å². The second-order valence-electron chi connectivity index (χ2n) is 4.74. The summed E-state index contributed by atoms with van der Waals surface area (Å²) in [7, 11) is 0. The fraction of sp³-hybridized carbons (Fsp3) is 0.333. The molecule has 6 heteroatoms. The fourth-order valence-corrected chi connectivity index (χ4v) is 2.54. The van der Waals surface area contributed by atoms with Crippen LogP contribution in [0, 0.1) is 13.8 Å². The average molecular weight is 305 g/mol. The number of benzene rings is 1. The van der Waals surface area contributed by atoms with Crippen molar-refractivity contribution >= 4 is 29.0 Å². The number of nitrogens with zero attached hydrogens (tertiary/aromatic N) is 1. The zero-order valence-electron chi connectivity index (χ0n) is 12.2. The van der Waals surface area contributed by atoms with Crippen molar-refractivity contribution in [3.8, 4) is 0 Å². The summed E-state index contributed by atoms with van der Waals surface area (Å²) in [6.45, 7) is 3.81. The molecule has 0 aliphatic heterocycles. The van der Waals surface area contributed by atoms with E-state index in [-0.39, 0.29) is 5.91 Å². The highest BCUT2D eigenvalue weighted by atomic mass is 32.2. The van der Waals surface area contributed by atoms with Gasteiger partial charge in [-0.15, -0.1) is 0 Å². The van der Waals surface area contributed by atoms with E-state index in [1.54, 1.807) is 24.3 Å². The lowest BCUT2D eigenvalue weighted by Gasteiger charge is -2.05. The SMILES string of the molecule is Cc1nc(SCCCC(=O)Nc2ccc(N)cc2)oc1C. The quantitative estimate of drug-likeness (QED) is 0.486. The third-order valence-electron chi connectivity index (χ3n) is 2.98. The molecule has 5 nitrogen and oxygen atoms in total. The largest absolute Gasteiger partial charge is 0.437 e. The number of rotatable bonds is 6. The van der Waals surface area contributed by atoms with Gasteiger partial charge in [-0.3, -0.25) is 4.79 Å². The number of thioether (sulfide) groups is 1. The second kappa shape index (κ2) is 7.17. The minimum absolute atomic E-state index is 0.000127. The van der Waals surface area contributed by atoms with E-state index in [2.05, 4.69) is 10.3 Å². The summed E-state index contributed by atoms with van der Waals surface area (Å²) in [4.78, 5) is 16.1. The highest BCUT2D eigenvalue weighted by Crippen LogP contribution is 2.21. The van der Waals surface area contributed by atoms with Crippen molar-refractivity contribution in [2.24, 2.45) is 0 Å². The van der Waals surface area contributed by atoms with E-state index in [9.17, 15) is 4.79 Å². The highest BCUT2D eigenvalue weighted by molar-refractivity contribution is 7.99. The molecule has 0 aliphatic carbocycles. The van der Waals surface area contributed by atoms with Gasteiger partial charge in [0.25, 0.3) is 5.22 Å². The molecule has 1 aromatic heterocycles. The number of nitrogen functional groups attached to an aromatic ring is 1. The first-order valence-electron chi connectivity index (χ1n) is 6.77. The van der Waals surface area contributed by atoms with Crippen LogP contribution in [0.2, 0.25) is 0 Å². The Morgan fingerprint density at radius 3 is 2.67 bits per heavy atom. The van der Waals surface area contributed by atoms with E-state index in [1.165, 1.54) is 11.8 Å². The van der Waals surface area contributed by atoms with Gasteiger partial charge in [0.05, 0.1) is 5.69 Å². The molecule has 0 aliphatic rings. The van der Waals surface area contributed by atoms with E-state index < -0.39 is 0 Å². The summed E-state index contributed by atoms with van der Waals surface area (Å²) in [5, 5.41) is 3.51. The first-order chi connectivity index (χ1) is 10.0. The Balaban J connectivity index is 1.68. The Morgan fingerprint density at radius 2 is 2.05 bits per heavy atom. The molecule has 3 N–H and O–H groups in total. The molecule has 0 radical (unpaired) electrons. The smallest absolute Gasteiger partial charge is 0.256 e. The number of amides is 1. The Bertz CT molecular complexity index is 588. The lowest BCUT2D eigenvalue weighted by atomic mass is 10.2. The van der Waals surface area contributed by atoms with Crippen LogP contribution < -0.4 is 11.1 Å². The number of hydrogen-bond donors (Lipinski definition) is 2. The average Bonchev–Trinajstić information content (AvgIpc) is 2.76. The topological polar surface area (TPSA) is 81.2 Å². The molecule has 0 bridgehead atoms. The molecule has 0 atom stereocenters.